The molecular weight excluding hydrogens is 256 g/mol. The van der Waals surface area contributed by atoms with Crippen LogP contribution >= 0.6 is 11.8 Å². The Hall–Kier alpha value is -1.00. The van der Waals surface area contributed by atoms with E-state index in [-0.39, 0.29) is 11.9 Å². The van der Waals surface area contributed by atoms with Crippen LogP contribution in [-0.4, -0.2) is 30.5 Å². The first-order chi connectivity index (χ1) is 9.15. The second-order valence-corrected chi connectivity index (χ2v) is 6.81. The lowest BCUT2D eigenvalue weighted by atomic mass is 9.96. The van der Waals surface area contributed by atoms with E-state index in [2.05, 4.69) is 23.7 Å². The standard InChI is InChI=1S/C15H20N2OS/c1-17-13-6-4-3-5-11(13)12(9-14(17)18)16-10-15(19-2)7-8-15/h3-6,12,16H,7-10H2,1-2H3. The highest BCUT2D eigenvalue weighted by Crippen LogP contribution is 2.47. The third-order valence-electron chi connectivity index (χ3n) is 4.34. The van der Waals surface area contributed by atoms with Crippen molar-refractivity contribution in [3.8, 4) is 0 Å². The predicted molar refractivity (Wildman–Crippen MR) is 80.7 cm³/mol. The third-order valence-corrected chi connectivity index (χ3v) is 5.76. The number of para-hydroxylation sites is 1. The minimum atomic E-state index is 0.171. The van der Waals surface area contributed by atoms with Crippen molar-refractivity contribution in [2.75, 3.05) is 24.7 Å². The van der Waals surface area contributed by atoms with Crippen molar-refractivity contribution in [1.82, 2.24) is 5.32 Å². The normalized spacial score (nSPS) is 24.2. The van der Waals surface area contributed by atoms with E-state index in [1.807, 2.05) is 30.9 Å². The zero-order chi connectivity index (χ0) is 13.5. The zero-order valence-corrected chi connectivity index (χ0v) is 12.3. The molecule has 0 spiro atoms. The number of nitrogens with one attached hydrogen (secondary N) is 1. The first kappa shape index (κ1) is 13.0. The van der Waals surface area contributed by atoms with Crippen LogP contribution in [0.4, 0.5) is 5.69 Å². The molecule has 3 rings (SSSR count). The van der Waals surface area contributed by atoms with Crippen molar-refractivity contribution in [3.63, 3.8) is 0 Å². The van der Waals surface area contributed by atoms with Crippen molar-refractivity contribution in [2.24, 2.45) is 0 Å². The number of carbonyl (C=O) groups excluding carboxylic acids is 1. The fraction of sp³-hybridized carbons (Fsp3) is 0.533. The van der Waals surface area contributed by atoms with E-state index in [4.69, 9.17) is 0 Å². The van der Waals surface area contributed by atoms with Crippen LogP contribution in [0.15, 0.2) is 24.3 Å². The molecule has 2 aliphatic rings. The SMILES string of the molecule is CSC1(CNC2CC(=O)N(C)c3ccccc32)CC1. The van der Waals surface area contributed by atoms with Crippen LogP contribution in [0.5, 0.6) is 0 Å². The quantitative estimate of drug-likeness (QED) is 0.917. The number of rotatable bonds is 4. The van der Waals surface area contributed by atoms with Gasteiger partial charge in [0.15, 0.2) is 0 Å². The van der Waals surface area contributed by atoms with Crippen LogP contribution < -0.4 is 10.2 Å². The molecule has 0 saturated heterocycles. The van der Waals surface area contributed by atoms with E-state index >= 15 is 0 Å². The first-order valence-electron chi connectivity index (χ1n) is 6.79. The molecule has 102 valence electrons. The van der Waals surface area contributed by atoms with Crippen molar-refractivity contribution in [1.29, 1.82) is 0 Å². The van der Waals surface area contributed by atoms with E-state index in [1.54, 1.807) is 4.90 Å². The van der Waals surface area contributed by atoms with Gasteiger partial charge < -0.3 is 10.2 Å². The Morgan fingerprint density at radius 1 is 1.42 bits per heavy atom. The van der Waals surface area contributed by atoms with E-state index in [1.165, 1.54) is 18.4 Å². The van der Waals surface area contributed by atoms with Gasteiger partial charge in [-0.1, -0.05) is 18.2 Å². The number of hydrogen-bond donors (Lipinski definition) is 1. The Kier molecular flexibility index (Phi) is 3.31. The summed E-state index contributed by atoms with van der Waals surface area (Å²) < 4.78 is 0.432. The van der Waals surface area contributed by atoms with E-state index in [9.17, 15) is 4.79 Å². The highest BCUT2D eigenvalue weighted by Gasteiger charge is 2.42. The Morgan fingerprint density at radius 2 is 2.16 bits per heavy atom. The van der Waals surface area contributed by atoms with Gasteiger partial charge in [0.05, 0.1) is 0 Å². The summed E-state index contributed by atoms with van der Waals surface area (Å²) in [5.74, 6) is 0.199. The van der Waals surface area contributed by atoms with Gasteiger partial charge in [-0.2, -0.15) is 11.8 Å². The smallest absolute Gasteiger partial charge is 0.228 e. The van der Waals surface area contributed by atoms with Crippen LogP contribution in [0.25, 0.3) is 0 Å². The van der Waals surface area contributed by atoms with Crippen LogP contribution in [0, 0.1) is 0 Å². The summed E-state index contributed by atoms with van der Waals surface area (Å²) in [4.78, 5) is 13.8. The predicted octanol–water partition coefficient (Wildman–Crippen LogP) is 2.58. The monoisotopic (exact) mass is 276 g/mol. The first-order valence-corrected chi connectivity index (χ1v) is 8.02. The summed E-state index contributed by atoms with van der Waals surface area (Å²) in [6.45, 7) is 1.00. The number of thioether (sulfide) groups is 1. The van der Waals surface area contributed by atoms with Gasteiger partial charge in [-0.05, 0) is 30.7 Å². The summed E-state index contributed by atoms with van der Waals surface area (Å²) >= 11 is 1.95. The number of carbonyl (C=O) groups is 1. The summed E-state index contributed by atoms with van der Waals surface area (Å²) in [6, 6.07) is 8.38. The number of fused-ring (bicyclic) bond motifs is 1. The lowest BCUT2D eigenvalue weighted by Crippen LogP contribution is -2.39. The molecule has 1 N–H and O–H groups in total. The molecule has 1 aromatic rings. The maximum Gasteiger partial charge on any atom is 0.228 e. The highest BCUT2D eigenvalue weighted by molar-refractivity contribution is 8.00. The highest BCUT2D eigenvalue weighted by atomic mass is 32.2. The van der Waals surface area contributed by atoms with Gasteiger partial charge in [-0.25, -0.2) is 0 Å². The van der Waals surface area contributed by atoms with E-state index in [0.717, 1.165) is 12.2 Å². The maximum absolute atomic E-state index is 12.1. The molecule has 1 atom stereocenters. The van der Waals surface area contributed by atoms with E-state index in [0.29, 0.717) is 11.2 Å². The van der Waals surface area contributed by atoms with Gasteiger partial charge in [0.2, 0.25) is 5.91 Å². The summed E-state index contributed by atoms with van der Waals surface area (Å²) in [7, 11) is 1.86. The van der Waals surface area contributed by atoms with Crippen molar-refractivity contribution < 1.29 is 4.79 Å². The molecule has 4 heteroatoms. The van der Waals surface area contributed by atoms with Crippen LogP contribution in [0.3, 0.4) is 0 Å². The fourth-order valence-electron chi connectivity index (χ4n) is 2.73. The molecule has 1 aliphatic heterocycles. The minimum Gasteiger partial charge on any atom is -0.315 e. The second kappa shape index (κ2) is 4.84. The molecule has 19 heavy (non-hydrogen) atoms. The van der Waals surface area contributed by atoms with Gasteiger partial charge in [0, 0.05) is 36.5 Å². The Morgan fingerprint density at radius 3 is 2.84 bits per heavy atom. The third kappa shape index (κ3) is 2.39. The molecule has 0 radical (unpaired) electrons. The summed E-state index contributed by atoms with van der Waals surface area (Å²) in [6.07, 6.45) is 5.34. The number of nitrogens with zero attached hydrogens (tertiary/aromatic N) is 1. The number of amides is 1. The van der Waals surface area contributed by atoms with Gasteiger partial charge in [-0.3, -0.25) is 4.79 Å². The summed E-state index contributed by atoms with van der Waals surface area (Å²) in [5.41, 5.74) is 2.30. The average Bonchev–Trinajstić information content (AvgIpc) is 3.22. The number of hydrogen-bond acceptors (Lipinski definition) is 3. The molecule has 3 nitrogen and oxygen atoms in total. The topological polar surface area (TPSA) is 32.3 Å². The summed E-state index contributed by atoms with van der Waals surface area (Å²) in [5, 5.41) is 3.61. The Bertz CT molecular complexity index is 499. The molecular formula is C15H20N2OS. The molecule has 1 aliphatic carbocycles. The maximum atomic E-state index is 12.1. The molecule has 1 heterocycles. The molecule has 1 saturated carbocycles. The number of anilines is 1. The van der Waals surface area contributed by atoms with E-state index < -0.39 is 0 Å². The van der Waals surface area contributed by atoms with Gasteiger partial charge >= 0.3 is 0 Å². The molecule has 1 unspecified atom stereocenters. The second-order valence-electron chi connectivity index (χ2n) is 5.54. The van der Waals surface area contributed by atoms with Gasteiger partial charge in [-0.15, -0.1) is 0 Å². The van der Waals surface area contributed by atoms with Crippen molar-refractivity contribution in [3.05, 3.63) is 29.8 Å². The Labute approximate surface area is 118 Å². The lowest BCUT2D eigenvalue weighted by molar-refractivity contribution is -0.119. The van der Waals surface area contributed by atoms with Crippen LogP contribution in [0.2, 0.25) is 0 Å². The van der Waals surface area contributed by atoms with Gasteiger partial charge in [0.25, 0.3) is 0 Å². The molecule has 1 aromatic carbocycles. The minimum absolute atomic E-state index is 0.171. The largest absolute Gasteiger partial charge is 0.315 e. The number of benzene rings is 1. The lowest BCUT2D eigenvalue weighted by Gasteiger charge is -2.33. The van der Waals surface area contributed by atoms with Crippen molar-refractivity contribution in [2.45, 2.75) is 30.1 Å². The molecule has 0 aromatic heterocycles. The van der Waals surface area contributed by atoms with Crippen molar-refractivity contribution >= 4 is 23.4 Å². The van der Waals surface area contributed by atoms with Crippen LogP contribution in [-0.2, 0) is 4.79 Å². The molecule has 1 amide bonds. The average molecular weight is 276 g/mol. The molecule has 1 fully saturated rings. The van der Waals surface area contributed by atoms with Crippen LogP contribution in [0.1, 0.15) is 30.9 Å². The van der Waals surface area contributed by atoms with Gasteiger partial charge in [0.1, 0.15) is 0 Å². The fourth-order valence-corrected chi connectivity index (χ4v) is 3.47. The Balaban J connectivity index is 1.78. The zero-order valence-electron chi connectivity index (χ0n) is 11.5. The molecule has 0 bridgehead atoms.